The van der Waals surface area contributed by atoms with Crippen LogP contribution in [0.15, 0.2) is 152 Å². The molecule has 0 saturated carbocycles. The van der Waals surface area contributed by atoms with Gasteiger partial charge in [0.25, 0.3) is 0 Å². The smallest absolute Gasteiger partial charge is 0.150 e. The fraction of sp³-hybridized carbons (Fsp3) is 0.0263. The van der Waals surface area contributed by atoms with Crippen LogP contribution in [0.2, 0.25) is 0 Å². The maximum atomic E-state index is 11.2. The molecule has 3 nitrogen and oxygen atoms in total. The van der Waals surface area contributed by atoms with Gasteiger partial charge in [-0.05, 0) is 81.6 Å². The van der Waals surface area contributed by atoms with E-state index in [-0.39, 0.29) is 0 Å². The molecule has 0 radical (unpaired) electrons. The number of ether oxygens (including phenoxy) is 1. The Morgan fingerprint density at radius 2 is 1.17 bits per heavy atom. The van der Waals surface area contributed by atoms with Crippen LogP contribution in [0, 0.1) is 0 Å². The van der Waals surface area contributed by atoms with Crippen molar-refractivity contribution in [3.63, 3.8) is 0 Å². The van der Waals surface area contributed by atoms with Crippen LogP contribution < -0.4 is 4.90 Å². The van der Waals surface area contributed by atoms with E-state index in [9.17, 15) is 4.79 Å². The normalized spacial score (nSPS) is 11.0. The van der Waals surface area contributed by atoms with Crippen molar-refractivity contribution in [2.24, 2.45) is 0 Å². The lowest BCUT2D eigenvalue weighted by Gasteiger charge is -2.26. The highest BCUT2D eigenvalue weighted by Gasteiger charge is 2.13. The van der Waals surface area contributed by atoms with E-state index in [4.69, 9.17) is 4.74 Å². The Kier molecular flexibility index (Phi) is 7.68. The van der Waals surface area contributed by atoms with Crippen LogP contribution in [0.5, 0.6) is 0 Å². The summed E-state index contributed by atoms with van der Waals surface area (Å²) in [5.74, 6) is 0. The lowest BCUT2D eigenvalue weighted by Crippen LogP contribution is -2.09. The summed E-state index contributed by atoms with van der Waals surface area (Å²) in [6.07, 6.45) is 4.49. The lowest BCUT2D eigenvalue weighted by molar-refractivity contribution is 0.112. The van der Waals surface area contributed by atoms with Crippen molar-refractivity contribution in [3.05, 3.63) is 169 Å². The molecule has 0 amide bonds. The molecule has 0 N–H and O–H groups in total. The molecule has 0 atom stereocenters. The lowest BCUT2D eigenvalue weighted by atomic mass is 10.0. The summed E-state index contributed by atoms with van der Waals surface area (Å²) < 4.78 is 5.72. The standard InChI is InChI=1S/C38H29NO2/c40-27-34-11-7-8-12-35(34)28-41-24-23-29-15-16-33-26-38(22-19-32(33)25-29)39(36-13-5-2-6-14-36)37-20-17-31(18-21-37)30-9-3-1-4-10-30/h1-27H,28H2. The molecular formula is C38H29NO2. The first-order valence-electron chi connectivity index (χ1n) is 13.6. The molecule has 41 heavy (non-hydrogen) atoms. The van der Waals surface area contributed by atoms with Crippen LogP contribution in [-0.4, -0.2) is 6.29 Å². The van der Waals surface area contributed by atoms with Gasteiger partial charge < -0.3 is 9.64 Å². The van der Waals surface area contributed by atoms with Crippen molar-refractivity contribution in [2.45, 2.75) is 6.61 Å². The first kappa shape index (κ1) is 25.8. The topological polar surface area (TPSA) is 29.5 Å². The molecule has 198 valence electrons. The average molecular weight is 532 g/mol. The van der Waals surface area contributed by atoms with Gasteiger partial charge in [-0.1, -0.05) is 103 Å². The number of carbonyl (C=O) groups is 1. The number of fused-ring (bicyclic) bond motifs is 1. The molecule has 6 aromatic rings. The maximum Gasteiger partial charge on any atom is 0.150 e. The van der Waals surface area contributed by atoms with Crippen molar-refractivity contribution >= 4 is 40.2 Å². The SMILES string of the molecule is O=Cc1ccccc1COC=Cc1ccc2cc(N(c3ccccc3)c3ccc(-c4ccccc4)cc3)ccc2c1. The molecule has 0 heterocycles. The van der Waals surface area contributed by atoms with Crippen LogP contribution in [0.4, 0.5) is 17.1 Å². The molecule has 0 unspecified atom stereocenters. The molecule has 6 rings (SSSR count). The number of rotatable bonds is 9. The van der Waals surface area contributed by atoms with Gasteiger partial charge in [0, 0.05) is 22.6 Å². The molecule has 0 aliphatic heterocycles. The summed E-state index contributed by atoms with van der Waals surface area (Å²) >= 11 is 0. The van der Waals surface area contributed by atoms with E-state index in [0.29, 0.717) is 12.2 Å². The quantitative estimate of drug-likeness (QED) is 0.137. The Balaban J connectivity index is 1.25. The fourth-order valence-corrected chi connectivity index (χ4v) is 5.00. The molecule has 0 bridgehead atoms. The number of hydrogen-bond donors (Lipinski definition) is 0. The minimum absolute atomic E-state index is 0.351. The van der Waals surface area contributed by atoms with E-state index in [2.05, 4.69) is 114 Å². The van der Waals surface area contributed by atoms with E-state index < -0.39 is 0 Å². The monoisotopic (exact) mass is 531 g/mol. The fourth-order valence-electron chi connectivity index (χ4n) is 5.00. The first-order chi connectivity index (χ1) is 20.3. The third-order valence-corrected chi connectivity index (χ3v) is 7.13. The van der Waals surface area contributed by atoms with Gasteiger partial charge >= 0.3 is 0 Å². The van der Waals surface area contributed by atoms with Crippen molar-refractivity contribution in [2.75, 3.05) is 4.90 Å². The number of benzene rings is 6. The minimum atomic E-state index is 0.351. The van der Waals surface area contributed by atoms with Crippen LogP contribution in [0.1, 0.15) is 21.5 Å². The van der Waals surface area contributed by atoms with Gasteiger partial charge in [0.1, 0.15) is 12.9 Å². The maximum absolute atomic E-state index is 11.2. The number of aldehydes is 1. The minimum Gasteiger partial charge on any atom is -0.496 e. The molecule has 0 aliphatic rings. The van der Waals surface area contributed by atoms with Gasteiger partial charge in [-0.25, -0.2) is 0 Å². The van der Waals surface area contributed by atoms with Gasteiger partial charge in [-0.3, -0.25) is 4.79 Å². The highest BCUT2D eigenvalue weighted by Crippen LogP contribution is 2.37. The van der Waals surface area contributed by atoms with Crippen molar-refractivity contribution in [1.29, 1.82) is 0 Å². The van der Waals surface area contributed by atoms with Gasteiger partial charge in [-0.2, -0.15) is 0 Å². The summed E-state index contributed by atoms with van der Waals surface area (Å²) in [5, 5.41) is 2.30. The Labute approximate surface area is 240 Å². The molecule has 3 heteroatoms. The first-order valence-corrected chi connectivity index (χ1v) is 13.6. The number of carbonyl (C=O) groups excluding carboxylic acids is 1. The van der Waals surface area contributed by atoms with Crippen molar-refractivity contribution in [3.8, 4) is 11.1 Å². The summed E-state index contributed by atoms with van der Waals surface area (Å²) in [6.45, 7) is 0.351. The average Bonchev–Trinajstić information content (AvgIpc) is 3.04. The van der Waals surface area contributed by atoms with Gasteiger partial charge in [0.05, 0.1) is 6.26 Å². The molecule has 0 saturated heterocycles. The molecule has 0 aromatic heterocycles. The Morgan fingerprint density at radius 1 is 0.561 bits per heavy atom. The molecular weight excluding hydrogens is 502 g/mol. The zero-order valence-electron chi connectivity index (χ0n) is 22.6. The van der Waals surface area contributed by atoms with E-state index in [1.165, 1.54) is 11.1 Å². The Bertz CT molecular complexity index is 1790. The molecule has 0 aliphatic carbocycles. The third-order valence-electron chi connectivity index (χ3n) is 7.13. The zero-order chi connectivity index (χ0) is 27.9. The summed E-state index contributed by atoms with van der Waals surface area (Å²) in [5.41, 5.74) is 8.27. The van der Waals surface area contributed by atoms with E-state index >= 15 is 0 Å². The largest absolute Gasteiger partial charge is 0.496 e. The highest BCUT2D eigenvalue weighted by molar-refractivity contribution is 5.90. The van der Waals surface area contributed by atoms with E-state index in [1.54, 1.807) is 12.3 Å². The number of para-hydroxylation sites is 1. The second kappa shape index (κ2) is 12.2. The predicted octanol–water partition coefficient (Wildman–Crippen LogP) is 9.98. The van der Waals surface area contributed by atoms with E-state index in [0.717, 1.165) is 45.2 Å². The van der Waals surface area contributed by atoms with Crippen LogP contribution in [-0.2, 0) is 11.3 Å². The Hall–Kier alpha value is -5.41. The molecule has 0 spiro atoms. The second-order valence-electron chi connectivity index (χ2n) is 9.81. The van der Waals surface area contributed by atoms with Crippen molar-refractivity contribution < 1.29 is 9.53 Å². The summed E-state index contributed by atoms with van der Waals surface area (Å²) in [4.78, 5) is 13.5. The number of nitrogens with zero attached hydrogens (tertiary/aromatic N) is 1. The second-order valence-corrected chi connectivity index (χ2v) is 9.81. The third kappa shape index (κ3) is 5.95. The summed E-state index contributed by atoms with van der Waals surface area (Å²) in [7, 11) is 0. The van der Waals surface area contributed by atoms with Gasteiger partial charge in [-0.15, -0.1) is 0 Å². The molecule has 0 fully saturated rings. The molecule has 6 aromatic carbocycles. The van der Waals surface area contributed by atoms with E-state index in [1.807, 2.05) is 36.4 Å². The van der Waals surface area contributed by atoms with Gasteiger partial charge in [0.2, 0.25) is 0 Å². The van der Waals surface area contributed by atoms with Crippen LogP contribution in [0.25, 0.3) is 28.0 Å². The van der Waals surface area contributed by atoms with Crippen LogP contribution >= 0.6 is 0 Å². The zero-order valence-corrected chi connectivity index (χ0v) is 22.6. The van der Waals surface area contributed by atoms with Crippen LogP contribution in [0.3, 0.4) is 0 Å². The Morgan fingerprint density at radius 3 is 1.95 bits per heavy atom. The van der Waals surface area contributed by atoms with Gasteiger partial charge in [0.15, 0.2) is 0 Å². The number of hydrogen-bond acceptors (Lipinski definition) is 3. The summed E-state index contributed by atoms with van der Waals surface area (Å²) in [6, 6.07) is 50.0. The highest BCUT2D eigenvalue weighted by atomic mass is 16.5. The number of anilines is 3. The predicted molar refractivity (Wildman–Crippen MR) is 170 cm³/mol. The van der Waals surface area contributed by atoms with Crippen molar-refractivity contribution in [1.82, 2.24) is 0 Å².